The molecule has 1 saturated heterocycles. The van der Waals surface area contributed by atoms with Crippen LogP contribution in [0.2, 0.25) is 0 Å². The molecule has 2 aromatic heterocycles. The standard InChI is InChI=1S/C20H23F3N6O2/c1-12(18-24-14(3)26-30-18)28-7-9-29(10-8-28)13(2)19-25-17(27-31-19)15-5-4-6-16(11-15)20(21,22)23/h4-6,11-13H,7-10H2,1-3H3. The fourth-order valence-electron chi connectivity index (χ4n) is 3.66. The van der Waals surface area contributed by atoms with Gasteiger partial charge in [-0.15, -0.1) is 0 Å². The minimum Gasteiger partial charge on any atom is -0.338 e. The molecular weight excluding hydrogens is 413 g/mol. The van der Waals surface area contributed by atoms with E-state index in [0.717, 1.165) is 38.3 Å². The maximum atomic E-state index is 13.0. The number of hydrogen-bond acceptors (Lipinski definition) is 8. The number of rotatable bonds is 5. The predicted molar refractivity (Wildman–Crippen MR) is 104 cm³/mol. The molecular formula is C20H23F3N6O2. The van der Waals surface area contributed by atoms with Gasteiger partial charge in [-0.2, -0.15) is 23.1 Å². The zero-order valence-corrected chi connectivity index (χ0v) is 17.4. The average Bonchev–Trinajstić information content (AvgIpc) is 3.42. The van der Waals surface area contributed by atoms with E-state index in [9.17, 15) is 13.2 Å². The lowest BCUT2D eigenvalue weighted by Gasteiger charge is -2.38. The molecule has 2 atom stereocenters. The fraction of sp³-hybridized carbons (Fsp3) is 0.500. The molecule has 31 heavy (non-hydrogen) atoms. The Hall–Kier alpha value is -2.79. The Labute approximate surface area is 177 Å². The van der Waals surface area contributed by atoms with Gasteiger partial charge in [-0.25, -0.2) is 0 Å². The van der Waals surface area contributed by atoms with Gasteiger partial charge in [-0.05, 0) is 32.9 Å². The summed E-state index contributed by atoms with van der Waals surface area (Å²) in [5, 5.41) is 7.74. The lowest BCUT2D eigenvalue weighted by atomic mass is 10.1. The first-order valence-corrected chi connectivity index (χ1v) is 10.0. The number of nitrogens with zero attached hydrogens (tertiary/aromatic N) is 6. The minimum absolute atomic E-state index is 0.0228. The molecule has 0 saturated carbocycles. The van der Waals surface area contributed by atoms with Crippen LogP contribution < -0.4 is 0 Å². The number of hydrogen-bond donors (Lipinski definition) is 0. The van der Waals surface area contributed by atoms with Gasteiger partial charge in [0.2, 0.25) is 17.6 Å². The second-order valence-corrected chi connectivity index (χ2v) is 7.64. The highest BCUT2D eigenvalue weighted by atomic mass is 19.4. The van der Waals surface area contributed by atoms with Gasteiger partial charge in [-0.1, -0.05) is 22.4 Å². The van der Waals surface area contributed by atoms with Gasteiger partial charge >= 0.3 is 6.18 Å². The summed E-state index contributed by atoms with van der Waals surface area (Å²) in [5.41, 5.74) is -0.475. The van der Waals surface area contributed by atoms with Gasteiger partial charge in [-0.3, -0.25) is 9.80 Å². The first-order chi connectivity index (χ1) is 14.7. The Morgan fingerprint density at radius 2 is 1.48 bits per heavy atom. The molecule has 0 bridgehead atoms. The van der Waals surface area contributed by atoms with E-state index in [1.54, 1.807) is 6.92 Å². The number of aromatic nitrogens is 4. The third-order valence-electron chi connectivity index (χ3n) is 5.59. The van der Waals surface area contributed by atoms with Crippen molar-refractivity contribution in [2.24, 2.45) is 0 Å². The average molecular weight is 436 g/mol. The van der Waals surface area contributed by atoms with Crippen LogP contribution in [0.15, 0.2) is 33.3 Å². The van der Waals surface area contributed by atoms with Crippen molar-refractivity contribution in [1.29, 1.82) is 0 Å². The Balaban J connectivity index is 1.40. The lowest BCUT2D eigenvalue weighted by molar-refractivity contribution is -0.137. The van der Waals surface area contributed by atoms with Crippen LogP contribution in [0.1, 0.15) is 49.1 Å². The third-order valence-corrected chi connectivity index (χ3v) is 5.59. The van der Waals surface area contributed by atoms with Crippen LogP contribution in [0.4, 0.5) is 13.2 Å². The van der Waals surface area contributed by atoms with Gasteiger partial charge in [0, 0.05) is 31.7 Å². The number of halogens is 3. The van der Waals surface area contributed by atoms with Gasteiger partial charge in [0.25, 0.3) is 0 Å². The summed E-state index contributed by atoms with van der Waals surface area (Å²) < 4.78 is 49.6. The van der Waals surface area contributed by atoms with E-state index in [4.69, 9.17) is 9.05 Å². The van der Waals surface area contributed by atoms with Gasteiger partial charge in [0.15, 0.2) is 5.82 Å². The van der Waals surface area contributed by atoms with E-state index in [2.05, 4.69) is 30.1 Å². The van der Waals surface area contributed by atoms with Crippen molar-refractivity contribution in [1.82, 2.24) is 30.1 Å². The topological polar surface area (TPSA) is 84.3 Å². The molecule has 0 amide bonds. The minimum atomic E-state index is -4.42. The molecule has 3 heterocycles. The highest BCUT2D eigenvalue weighted by molar-refractivity contribution is 5.55. The van der Waals surface area contributed by atoms with Crippen molar-refractivity contribution >= 4 is 0 Å². The van der Waals surface area contributed by atoms with E-state index in [1.165, 1.54) is 12.1 Å². The summed E-state index contributed by atoms with van der Waals surface area (Å²) in [6.45, 7) is 8.88. The Morgan fingerprint density at radius 1 is 0.903 bits per heavy atom. The second-order valence-electron chi connectivity index (χ2n) is 7.64. The Bertz CT molecular complexity index is 1030. The molecule has 11 heteroatoms. The maximum absolute atomic E-state index is 13.0. The zero-order chi connectivity index (χ0) is 22.2. The SMILES string of the molecule is Cc1noc(C(C)N2CCN(C(C)c3nc(-c4cccc(C(F)(F)F)c4)no3)CC2)n1. The molecule has 0 N–H and O–H groups in total. The van der Waals surface area contributed by atoms with Crippen molar-refractivity contribution in [3.63, 3.8) is 0 Å². The normalized spacial score (nSPS) is 18.3. The molecule has 0 radical (unpaired) electrons. The molecule has 2 unspecified atom stereocenters. The van der Waals surface area contributed by atoms with Crippen LogP contribution >= 0.6 is 0 Å². The number of benzene rings is 1. The molecule has 3 aromatic rings. The van der Waals surface area contributed by atoms with Crippen LogP contribution in [0.25, 0.3) is 11.4 Å². The number of aryl methyl sites for hydroxylation is 1. The van der Waals surface area contributed by atoms with Crippen molar-refractivity contribution in [3.05, 3.63) is 47.4 Å². The highest BCUT2D eigenvalue weighted by Gasteiger charge is 2.32. The predicted octanol–water partition coefficient (Wildman–Crippen LogP) is 3.89. The van der Waals surface area contributed by atoms with Crippen molar-refractivity contribution in [2.45, 2.75) is 39.0 Å². The van der Waals surface area contributed by atoms with E-state index in [1.807, 2.05) is 13.8 Å². The largest absolute Gasteiger partial charge is 0.416 e. The summed E-state index contributed by atoms with van der Waals surface area (Å²) in [4.78, 5) is 13.1. The van der Waals surface area contributed by atoms with Gasteiger partial charge < -0.3 is 9.05 Å². The van der Waals surface area contributed by atoms with E-state index >= 15 is 0 Å². The maximum Gasteiger partial charge on any atom is 0.416 e. The van der Waals surface area contributed by atoms with Crippen LogP contribution in [0.5, 0.6) is 0 Å². The molecule has 1 aromatic carbocycles. The van der Waals surface area contributed by atoms with Crippen molar-refractivity contribution in [2.75, 3.05) is 26.2 Å². The van der Waals surface area contributed by atoms with Gasteiger partial charge in [0.05, 0.1) is 17.6 Å². The summed E-state index contributed by atoms with van der Waals surface area (Å²) in [5.74, 6) is 1.73. The van der Waals surface area contributed by atoms with Crippen LogP contribution in [0.3, 0.4) is 0 Å². The number of alkyl halides is 3. The quantitative estimate of drug-likeness (QED) is 0.596. The molecule has 4 rings (SSSR count). The van der Waals surface area contributed by atoms with Crippen LogP contribution in [-0.4, -0.2) is 56.3 Å². The van der Waals surface area contributed by atoms with E-state index in [-0.39, 0.29) is 23.5 Å². The lowest BCUT2D eigenvalue weighted by Crippen LogP contribution is -2.47. The first-order valence-electron chi connectivity index (χ1n) is 10.0. The molecule has 1 fully saturated rings. The number of piperazine rings is 1. The second kappa shape index (κ2) is 8.39. The highest BCUT2D eigenvalue weighted by Crippen LogP contribution is 2.32. The fourth-order valence-corrected chi connectivity index (χ4v) is 3.66. The van der Waals surface area contributed by atoms with Crippen molar-refractivity contribution < 1.29 is 22.2 Å². The molecule has 1 aliphatic rings. The Morgan fingerprint density at radius 3 is 2.03 bits per heavy atom. The summed E-state index contributed by atoms with van der Waals surface area (Å²) in [7, 11) is 0. The van der Waals surface area contributed by atoms with Crippen LogP contribution in [-0.2, 0) is 6.18 Å². The monoisotopic (exact) mass is 436 g/mol. The molecule has 0 spiro atoms. The zero-order valence-electron chi connectivity index (χ0n) is 17.4. The van der Waals surface area contributed by atoms with Crippen molar-refractivity contribution in [3.8, 4) is 11.4 Å². The van der Waals surface area contributed by atoms with Gasteiger partial charge in [0.1, 0.15) is 0 Å². The summed E-state index contributed by atoms with van der Waals surface area (Å²) in [6, 6.07) is 4.78. The summed E-state index contributed by atoms with van der Waals surface area (Å²) in [6.07, 6.45) is -4.42. The molecule has 8 nitrogen and oxygen atoms in total. The third kappa shape index (κ3) is 4.62. The smallest absolute Gasteiger partial charge is 0.338 e. The molecule has 166 valence electrons. The summed E-state index contributed by atoms with van der Waals surface area (Å²) >= 11 is 0. The molecule has 1 aliphatic heterocycles. The van der Waals surface area contributed by atoms with Crippen LogP contribution in [0, 0.1) is 6.92 Å². The van der Waals surface area contributed by atoms with E-state index < -0.39 is 11.7 Å². The van der Waals surface area contributed by atoms with E-state index in [0.29, 0.717) is 17.6 Å². The first kappa shape index (κ1) is 21.4. The Kier molecular flexibility index (Phi) is 5.80. The molecule has 0 aliphatic carbocycles.